The molecule has 3 aromatic rings. The van der Waals surface area contributed by atoms with Gasteiger partial charge >= 0.3 is 0 Å². The van der Waals surface area contributed by atoms with Crippen LogP contribution in [0.3, 0.4) is 0 Å². The molecule has 0 aliphatic rings. The standard InChI is InChI=1S/C20H20N4O2/c1-24(16-9-4-3-5-10-16)20-21-13-12-17(23-20)19(25)22-14-15-8-6-7-11-18(15)26-2/h3-13H,14H2,1-2H3,(H,22,25). The van der Waals surface area contributed by atoms with Crippen molar-refractivity contribution in [1.82, 2.24) is 15.3 Å². The maximum absolute atomic E-state index is 12.5. The first kappa shape index (κ1) is 17.4. The minimum atomic E-state index is -0.263. The van der Waals surface area contributed by atoms with Gasteiger partial charge in [0.25, 0.3) is 5.91 Å². The van der Waals surface area contributed by atoms with Gasteiger partial charge in [-0.25, -0.2) is 9.97 Å². The van der Waals surface area contributed by atoms with E-state index in [2.05, 4.69) is 15.3 Å². The Kier molecular flexibility index (Phi) is 5.43. The van der Waals surface area contributed by atoms with E-state index in [0.29, 0.717) is 18.2 Å². The number of anilines is 2. The van der Waals surface area contributed by atoms with Crippen LogP contribution in [0.1, 0.15) is 16.1 Å². The zero-order valence-corrected chi connectivity index (χ0v) is 14.7. The number of hydrogen-bond donors (Lipinski definition) is 1. The van der Waals surface area contributed by atoms with E-state index in [1.54, 1.807) is 19.4 Å². The summed E-state index contributed by atoms with van der Waals surface area (Å²) < 4.78 is 5.30. The molecule has 0 bridgehead atoms. The summed E-state index contributed by atoms with van der Waals surface area (Å²) in [5, 5.41) is 2.87. The summed E-state index contributed by atoms with van der Waals surface area (Å²) in [7, 11) is 3.47. The number of aromatic nitrogens is 2. The molecule has 1 heterocycles. The lowest BCUT2D eigenvalue weighted by Crippen LogP contribution is -2.25. The SMILES string of the molecule is COc1ccccc1CNC(=O)c1ccnc(N(C)c2ccccc2)n1. The normalized spacial score (nSPS) is 10.2. The van der Waals surface area contributed by atoms with Crippen molar-refractivity contribution in [2.24, 2.45) is 0 Å². The first-order valence-electron chi connectivity index (χ1n) is 8.21. The molecule has 1 amide bonds. The Balaban J connectivity index is 1.72. The molecule has 3 rings (SSSR count). The summed E-state index contributed by atoms with van der Waals surface area (Å²) in [4.78, 5) is 22.9. The Morgan fingerprint density at radius 1 is 1.08 bits per heavy atom. The number of amides is 1. The molecule has 0 aliphatic heterocycles. The van der Waals surface area contributed by atoms with Gasteiger partial charge in [0.2, 0.25) is 5.95 Å². The Morgan fingerprint density at radius 3 is 2.58 bits per heavy atom. The van der Waals surface area contributed by atoms with Crippen molar-refractivity contribution in [2.45, 2.75) is 6.54 Å². The topological polar surface area (TPSA) is 67.3 Å². The van der Waals surface area contributed by atoms with Crippen molar-refractivity contribution >= 4 is 17.5 Å². The number of para-hydroxylation sites is 2. The lowest BCUT2D eigenvalue weighted by molar-refractivity contribution is 0.0945. The van der Waals surface area contributed by atoms with Gasteiger partial charge in [0.15, 0.2) is 0 Å². The van der Waals surface area contributed by atoms with Crippen molar-refractivity contribution in [3.63, 3.8) is 0 Å². The number of nitrogens with zero attached hydrogens (tertiary/aromatic N) is 3. The van der Waals surface area contributed by atoms with Crippen LogP contribution in [0.25, 0.3) is 0 Å². The van der Waals surface area contributed by atoms with E-state index < -0.39 is 0 Å². The fourth-order valence-corrected chi connectivity index (χ4v) is 2.52. The predicted molar refractivity (Wildman–Crippen MR) is 101 cm³/mol. The van der Waals surface area contributed by atoms with E-state index >= 15 is 0 Å². The number of carbonyl (C=O) groups excluding carboxylic acids is 1. The fourth-order valence-electron chi connectivity index (χ4n) is 2.52. The number of nitrogens with one attached hydrogen (secondary N) is 1. The summed E-state index contributed by atoms with van der Waals surface area (Å²) in [5.41, 5.74) is 2.16. The molecule has 0 atom stereocenters. The number of benzene rings is 2. The molecule has 6 heteroatoms. The van der Waals surface area contributed by atoms with Gasteiger partial charge in [-0.1, -0.05) is 36.4 Å². The first-order chi connectivity index (χ1) is 12.7. The number of ether oxygens (including phenoxy) is 1. The molecule has 132 valence electrons. The van der Waals surface area contributed by atoms with Gasteiger partial charge in [-0.05, 0) is 24.3 Å². The molecule has 6 nitrogen and oxygen atoms in total. The molecular weight excluding hydrogens is 328 g/mol. The van der Waals surface area contributed by atoms with Gasteiger partial charge in [0.1, 0.15) is 11.4 Å². The molecular formula is C20H20N4O2. The highest BCUT2D eigenvalue weighted by atomic mass is 16.5. The zero-order chi connectivity index (χ0) is 18.4. The maximum atomic E-state index is 12.5. The molecule has 0 aliphatic carbocycles. The van der Waals surface area contributed by atoms with Crippen LogP contribution < -0.4 is 15.0 Å². The van der Waals surface area contributed by atoms with E-state index in [9.17, 15) is 4.79 Å². The highest BCUT2D eigenvalue weighted by Gasteiger charge is 2.12. The second-order valence-corrected chi connectivity index (χ2v) is 5.63. The summed E-state index contributed by atoms with van der Waals surface area (Å²) in [6, 6.07) is 18.9. The van der Waals surface area contributed by atoms with Gasteiger partial charge < -0.3 is 15.0 Å². The molecule has 0 radical (unpaired) electrons. The number of carbonyl (C=O) groups is 1. The van der Waals surface area contributed by atoms with Gasteiger partial charge in [-0.15, -0.1) is 0 Å². The third kappa shape index (κ3) is 3.97. The molecule has 0 saturated heterocycles. The van der Waals surface area contributed by atoms with Gasteiger partial charge in [-0.3, -0.25) is 4.79 Å². The van der Waals surface area contributed by atoms with Gasteiger partial charge in [0.05, 0.1) is 7.11 Å². The van der Waals surface area contributed by atoms with Crippen molar-refractivity contribution in [3.05, 3.63) is 78.1 Å². The van der Waals surface area contributed by atoms with Crippen LogP contribution in [-0.2, 0) is 6.54 Å². The predicted octanol–water partition coefficient (Wildman–Crippen LogP) is 3.18. The van der Waals surface area contributed by atoms with E-state index in [1.165, 1.54) is 0 Å². The summed E-state index contributed by atoms with van der Waals surface area (Å²) >= 11 is 0. The fraction of sp³-hybridized carbons (Fsp3) is 0.150. The van der Waals surface area contributed by atoms with E-state index in [0.717, 1.165) is 17.0 Å². The van der Waals surface area contributed by atoms with Crippen molar-refractivity contribution in [2.75, 3.05) is 19.1 Å². The van der Waals surface area contributed by atoms with E-state index in [4.69, 9.17) is 4.74 Å². The highest BCUT2D eigenvalue weighted by molar-refractivity contribution is 5.92. The van der Waals surface area contributed by atoms with Crippen LogP contribution in [0.2, 0.25) is 0 Å². The van der Waals surface area contributed by atoms with Crippen LogP contribution >= 0.6 is 0 Å². The average Bonchev–Trinajstić information content (AvgIpc) is 2.72. The van der Waals surface area contributed by atoms with Gasteiger partial charge in [0, 0.05) is 31.0 Å². The minimum Gasteiger partial charge on any atom is -0.496 e. The average molecular weight is 348 g/mol. The van der Waals surface area contributed by atoms with Crippen LogP contribution in [0, 0.1) is 0 Å². The molecule has 2 aromatic carbocycles. The number of hydrogen-bond acceptors (Lipinski definition) is 5. The minimum absolute atomic E-state index is 0.263. The highest BCUT2D eigenvalue weighted by Crippen LogP contribution is 2.19. The molecule has 1 aromatic heterocycles. The Bertz CT molecular complexity index is 884. The van der Waals surface area contributed by atoms with E-state index in [1.807, 2.05) is 66.5 Å². The number of rotatable bonds is 6. The summed E-state index contributed by atoms with van der Waals surface area (Å²) in [6.45, 7) is 0.358. The third-order valence-electron chi connectivity index (χ3n) is 3.95. The van der Waals surface area contributed by atoms with Gasteiger partial charge in [-0.2, -0.15) is 0 Å². The van der Waals surface area contributed by atoms with Crippen molar-refractivity contribution in [3.8, 4) is 5.75 Å². The largest absolute Gasteiger partial charge is 0.496 e. The van der Waals surface area contributed by atoms with Crippen LogP contribution in [0.4, 0.5) is 11.6 Å². The third-order valence-corrected chi connectivity index (χ3v) is 3.95. The van der Waals surface area contributed by atoms with E-state index in [-0.39, 0.29) is 5.91 Å². The molecule has 26 heavy (non-hydrogen) atoms. The van der Waals surface area contributed by atoms with Crippen LogP contribution in [0.15, 0.2) is 66.9 Å². The quantitative estimate of drug-likeness (QED) is 0.741. The Hall–Kier alpha value is -3.41. The lowest BCUT2D eigenvalue weighted by atomic mass is 10.2. The monoisotopic (exact) mass is 348 g/mol. The smallest absolute Gasteiger partial charge is 0.270 e. The summed E-state index contributed by atoms with van der Waals surface area (Å²) in [5.74, 6) is 0.933. The molecule has 0 unspecified atom stereocenters. The second-order valence-electron chi connectivity index (χ2n) is 5.63. The zero-order valence-electron chi connectivity index (χ0n) is 14.7. The molecule has 1 N–H and O–H groups in total. The van der Waals surface area contributed by atoms with Crippen LogP contribution in [-0.4, -0.2) is 30.0 Å². The molecule has 0 spiro atoms. The van der Waals surface area contributed by atoms with Crippen LogP contribution in [0.5, 0.6) is 5.75 Å². The lowest BCUT2D eigenvalue weighted by Gasteiger charge is -2.17. The first-order valence-corrected chi connectivity index (χ1v) is 8.21. The molecule has 0 fully saturated rings. The number of methoxy groups -OCH3 is 1. The van der Waals surface area contributed by atoms with Crippen molar-refractivity contribution < 1.29 is 9.53 Å². The maximum Gasteiger partial charge on any atom is 0.270 e. The second kappa shape index (κ2) is 8.11. The Labute approximate surface area is 152 Å². The van der Waals surface area contributed by atoms with Crippen molar-refractivity contribution in [1.29, 1.82) is 0 Å². The molecule has 0 saturated carbocycles. The Morgan fingerprint density at radius 2 is 1.81 bits per heavy atom. The summed E-state index contributed by atoms with van der Waals surface area (Å²) in [6.07, 6.45) is 1.58.